The Morgan fingerprint density at radius 3 is 1.67 bits per heavy atom. The van der Waals surface area contributed by atoms with E-state index >= 15 is 0 Å². The molecule has 7 heteroatoms. The lowest BCUT2D eigenvalue weighted by Crippen LogP contribution is -2.31. The SMILES string of the molecule is FC(F)(F)CCNCC(F)(F)F. The summed E-state index contributed by atoms with van der Waals surface area (Å²) in [6.07, 6.45) is -10.1. The van der Waals surface area contributed by atoms with Gasteiger partial charge in [-0.25, -0.2) is 0 Å². The second-order valence-electron chi connectivity index (χ2n) is 2.16. The molecule has 0 aromatic rings. The molecule has 0 bridgehead atoms. The van der Waals surface area contributed by atoms with Crippen LogP contribution < -0.4 is 5.32 Å². The van der Waals surface area contributed by atoms with Crippen LogP contribution in [0.4, 0.5) is 26.3 Å². The van der Waals surface area contributed by atoms with E-state index in [1.165, 1.54) is 0 Å². The van der Waals surface area contributed by atoms with E-state index < -0.39 is 31.9 Å². The lowest BCUT2D eigenvalue weighted by Gasteiger charge is -2.09. The van der Waals surface area contributed by atoms with Gasteiger partial charge in [0.1, 0.15) is 0 Å². The second-order valence-corrected chi connectivity index (χ2v) is 2.16. The topological polar surface area (TPSA) is 12.0 Å². The predicted molar refractivity (Wildman–Crippen MR) is 29.6 cm³/mol. The van der Waals surface area contributed by atoms with Crippen molar-refractivity contribution in [1.29, 1.82) is 0 Å². The molecule has 0 spiro atoms. The van der Waals surface area contributed by atoms with Gasteiger partial charge in [0.15, 0.2) is 0 Å². The Morgan fingerprint density at radius 1 is 0.833 bits per heavy atom. The average Bonchev–Trinajstić information content (AvgIpc) is 1.76. The number of nitrogens with one attached hydrogen (secondary N) is 1. The monoisotopic (exact) mass is 195 g/mol. The van der Waals surface area contributed by atoms with Crippen LogP contribution in [-0.2, 0) is 0 Å². The van der Waals surface area contributed by atoms with Crippen LogP contribution in [0.5, 0.6) is 0 Å². The van der Waals surface area contributed by atoms with Crippen molar-refractivity contribution in [2.45, 2.75) is 18.8 Å². The normalized spacial score (nSPS) is 13.5. The van der Waals surface area contributed by atoms with Crippen LogP contribution in [0.3, 0.4) is 0 Å². The van der Waals surface area contributed by atoms with E-state index in [0.29, 0.717) is 0 Å². The van der Waals surface area contributed by atoms with E-state index in [4.69, 9.17) is 0 Å². The van der Waals surface area contributed by atoms with E-state index in [0.717, 1.165) is 0 Å². The van der Waals surface area contributed by atoms with Gasteiger partial charge in [-0.1, -0.05) is 0 Å². The molecule has 0 amide bonds. The van der Waals surface area contributed by atoms with Crippen LogP contribution in [0.15, 0.2) is 0 Å². The number of hydrogen-bond acceptors (Lipinski definition) is 1. The van der Waals surface area contributed by atoms with Crippen molar-refractivity contribution >= 4 is 0 Å². The van der Waals surface area contributed by atoms with Crippen molar-refractivity contribution in [3.8, 4) is 0 Å². The summed E-state index contributed by atoms with van der Waals surface area (Å²) >= 11 is 0. The van der Waals surface area contributed by atoms with Gasteiger partial charge in [0.25, 0.3) is 0 Å². The summed E-state index contributed by atoms with van der Waals surface area (Å²) in [6.45, 7) is -2.09. The Kier molecular flexibility index (Phi) is 3.82. The highest BCUT2D eigenvalue weighted by Gasteiger charge is 2.29. The van der Waals surface area contributed by atoms with Crippen LogP contribution in [0.1, 0.15) is 6.42 Å². The quantitative estimate of drug-likeness (QED) is 0.537. The maximum atomic E-state index is 11.4. The molecule has 0 aliphatic heterocycles. The van der Waals surface area contributed by atoms with Crippen molar-refractivity contribution in [3.05, 3.63) is 0 Å². The lowest BCUT2D eigenvalue weighted by atomic mass is 10.4. The zero-order valence-corrected chi connectivity index (χ0v) is 5.89. The molecule has 0 radical (unpaired) electrons. The highest BCUT2D eigenvalue weighted by molar-refractivity contribution is 4.58. The fourth-order valence-electron chi connectivity index (χ4n) is 0.460. The summed E-state index contributed by atoms with van der Waals surface area (Å²) in [4.78, 5) is 0. The Morgan fingerprint density at radius 2 is 1.33 bits per heavy atom. The second kappa shape index (κ2) is 3.97. The number of hydrogen-bond donors (Lipinski definition) is 1. The molecule has 0 aromatic carbocycles. The molecule has 0 atom stereocenters. The van der Waals surface area contributed by atoms with Gasteiger partial charge in [0, 0.05) is 6.54 Å². The van der Waals surface area contributed by atoms with E-state index in [1.807, 2.05) is 0 Å². The first-order valence-electron chi connectivity index (χ1n) is 3.05. The molecule has 0 saturated carbocycles. The van der Waals surface area contributed by atoms with Crippen molar-refractivity contribution in [3.63, 3.8) is 0 Å². The van der Waals surface area contributed by atoms with E-state index in [2.05, 4.69) is 0 Å². The fraction of sp³-hybridized carbons (Fsp3) is 1.00. The van der Waals surface area contributed by atoms with Crippen LogP contribution in [0, 0.1) is 0 Å². The van der Waals surface area contributed by atoms with Crippen LogP contribution in [0.25, 0.3) is 0 Å². The summed E-state index contributed by atoms with van der Waals surface area (Å²) in [5.41, 5.74) is 0. The molecule has 12 heavy (non-hydrogen) atoms. The molecular weight excluding hydrogens is 188 g/mol. The van der Waals surface area contributed by atoms with Crippen LogP contribution >= 0.6 is 0 Å². The summed E-state index contributed by atoms with van der Waals surface area (Å²) < 4.78 is 68.1. The fourth-order valence-corrected chi connectivity index (χ4v) is 0.460. The molecular formula is C5H7F6N. The van der Waals surface area contributed by atoms with E-state index in [9.17, 15) is 26.3 Å². The summed E-state index contributed by atoms with van der Waals surface area (Å²) in [5.74, 6) is 0. The first-order valence-corrected chi connectivity index (χ1v) is 3.05. The van der Waals surface area contributed by atoms with E-state index in [-0.39, 0.29) is 0 Å². The van der Waals surface area contributed by atoms with Gasteiger partial charge in [-0.05, 0) is 0 Å². The first kappa shape index (κ1) is 11.5. The minimum Gasteiger partial charge on any atom is -0.308 e. The Labute approximate surface area is 64.7 Å². The zero-order valence-electron chi connectivity index (χ0n) is 5.89. The minimum absolute atomic E-state index is 0.705. The molecule has 0 fully saturated rings. The molecule has 0 saturated heterocycles. The van der Waals surface area contributed by atoms with Crippen molar-refractivity contribution in [1.82, 2.24) is 5.32 Å². The number of halogens is 6. The van der Waals surface area contributed by atoms with Gasteiger partial charge in [0.2, 0.25) is 0 Å². The lowest BCUT2D eigenvalue weighted by molar-refractivity contribution is -0.140. The molecule has 74 valence electrons. The molecule has 0 aliphatic rings. The first-order chi connectivity index (χ1) is 5.21. The summed E-state index contributed by atoms with van der Waals surface area (Å²) in [7, 11) is 0. The smallest absolute Gasteiger partial charge is 0.308 e. The molecule has 1 nitrogen and oxygen atoms in total. The molecule has 0 aromatic heterocycles. The third-order valence-corrected chi connectivity index (χ3v) is 0.911. The average molecular weight is 195 g/mol. The summed E-state index contributed by atoms with van der Waals surface area (Å²) in [6, 6.07) is 0. The van der Waals surface area contributed by atoms with Crippen LogP contribution in [-0.4, -0.2) is 25.4 Å². The zero-order chi connectivity index (χ0) is 9.83. The maximum Gasteiger partial charge on any atom is 0.401 e. The van der Waals surface area contributed by atoms with Gasteiger partial charge in [-0.3, -0.25) is 0 Å². The van der Waals surface area contributed by atoms with Gasteiger partial charge in [0.05, 0.1) is 13.0 Å². The number of alkyl halides is 6. The third-order valence-electron chi connectivity index (χ3n) is 0.911. The standard InChI is InChI=1S/C5H7F6N/c6-4(7,8)1-2-12-3-5(9,10)11/h12H,1-3H2. The third kappa shape index (κ3) is 9.54. The van der Waals surface area contributed by atoms with Crippen LogP contribution in [0.2, 0.25) is 0 Å². The van der Waals surface area contributed by atoms with Gasteiger partial charge >= 0.3 is 12.4 Å². The highest BCUT2D eigenvalue weighted by atomic mass is 19.4. The molecule has 0 rings (SSSR count). The van der Waals surface area contributed by atoms with Gasteiger partial charge in [-0.2, -0.15) is 26.3 Å². The molecule has 0 unspecified atom stereocenters. The molecule has 0 aliphatic carbocycles. The maximum absolute atomic E-state index is 11.4. The number of rotatable bonds is 3. The predicted octanol–water partition coefficient (Wildman–Crippen LogP) is 2.09. The van der Waals surface area contributed by atoms with Crippen molar-refractivity contribution < 1.29 is 26.3 Å². The van der Waals surface area contributed by atoms with Crippen molar-refractivity contribution in [2.75, 3.05) is 13.1 Å². The Bertz CT molecular complexity index is 109. The highest BCUT2D eigenvalue weighted by Crippen LogP contribution is 2.18. The van der Waals surface area contributed by atoms with Gasteiger partial charge in [-0.15, -0.1) is 0 Å². The Hall–Kier alpha value is -0.460. The molecule has 0 heterocycles. The molecule has 1 N–H and O–H groups in total. The van der Waals surface area contributed by atoms with E-state index in [1.54, 1.807) is 5.32 Å². The minimum atomic E-state index is -4.45. The van der Waals surface area contributed by atoms with Gasteiger partial charge < -0.3 is 5.32 Å². The summed E-state index contributed by atoms with van der Waals surface area (Å²) in [5, 5.41) is 1.64. The largest absolute Gasteiger partial charge is 0.401 e. The van der Waals surface area contributed by atoms with Crippen molar-refractivity contribution in [2.24, 2.45) is 0 Å². The Balaban J connectivity index is 3.35.